The van der Waals surface area contributed by atoms with E-state index in [-0.39, 0.29) is 5.28 Å². The summed E-state index contributed by atoms with van der Waals surface area (Å²) in [7, 11) is 1.78. The van der Waals surface area contributed by atoms with Crippen LogP contribution in [-0.4, -0.2) is 37.5 Å². The predicted octanol–water partition coefficient (Wildman–Crippen LogP) is 0.809. The number of aromatic nitrogens is 4. The van der Waals surface area contributed by atoms with Gasteiger partial charge < -0.3 is 10.4 Å². The maximum absolute atomic E-state index is 9.20. The Balaban J connectivity index is 2.43. The van der Waals surface area contributed by atoms with Gasteiger partial charge in [0.05, 0.1) is 17.7 Å². The van der Waals surface area contributed by atoms with Crippen LogP contribution in [0, 0.1) is 0 Å². The molecule has 0 saturated carbocycles. The van der Waals surface area contributed by atoms with Crippen molar-refractivity contribution in [1.29, 1.82) is 0 Å². The van der Waals surface area contributed by atoms with Crippen LogP contribution in [0.2, 0.25) is 5.28 Å². The molecule has 2 heterocycles. The zero-order valence-electron chi connectivity index (χ0n) is 8.98. The summed E-state index contributed by atoms with van der Waals surface area (Å²) in [6.07, 6.45) is 1.20. The summed E-state index contributed by atoms with van der Waals surface area (Å²) < 4.78 is 1.62. The van der Waals surface area contributed by atoms with E-state index in [1.807, 2.05) is 0 Å². The number of aliphatic hydroxyl groups is 1. The van der Waals surface area contributed by atoms with Gasteiger partial charge in [-0.25, -0.2) is 0 Å². The molecule has 0 saturated heterocycles. The predicted molar refractivity (Wildman–Crippen MR) is 61.5 cm³/mol. The summed E-state index contributed by atoms with van der Waals surface area (Å²) in [5.41, 5.74) is 0.660. The van der Waals surface area contributed by atoms with Crippen LogP contribution in [0.1, 0.15) is 6.92 Å². The van der Waals surface area contributed by atoms with Gasteiger partial charge in [-0.3, -0.25) is 4.68 Å². The average Bonchev–Trinajstić information content (AvgIpc) is 2.57. The minimum absolute atomic E-state index is 0.157. The summed E-state index contributed by atoms with van der Waals surface area (Å²) in [4.78, 5) is 8.14. The van der Waals surface area contributed by atoms with E-state index in [4.69, 9.17) is 11.6 Å². The van der Waals surface area contributed by atoms with Gasteiger partial charge in [0, 0.05) is 13.6 Å². The van der Waals surface area contributed by atoms with Crippen molar-refractivity contribution in [2.24, 2.45) is 7.05 Å². The van der Waals surface area contributed by atoms with E-state index in [1.54, 1.807) is 24.9 Å². The lowest BCUT2D eigenvalue weighted by molar-refractivity contribution is 0.208. The van der Waals surface area contributed by atoms with Crippen molar-refractivity contribution in [1.82, 2.24) is 19.7 Å². The molecule has 0 fully saturated rings. The van der Waals surface area contributed by atoms with Crippen molar-refractivity contribution < 1.29 is 5.11 Å². The molecule has 0 bridgehead atoms. The lowest BCUT2D eigenvalue weighted by Gasteiger charge is -2.08. The van der Waals surface area contributed by atoms with Crippen LogP contribution in [-0.2, 0) is 7.05 Å². The Labute approximate surface area is 97.3 Å². The van der Waals surface area contributed by atoms with Crippen molar-refractivity contribution in [3.8, 4) is 0 Å². The van der Waals surface area contributed by atoms with Crippen molar-refractivity contribution in [3.05, 3.63) is 11.5 Å². The molecule has 1 atom stereocenters. The molecule has 6 nitrogen and oxygen atoms in total. The van der Waals surface area contributed by atoms with Crippen molar-refractivity contribution in [2.75, 3.05) is 11.9 Å². The number of rotatable bonds is 3. The Morgan fingerprint density at radius 3 is 3.00 bits per heavy atom. The minimum atomic E-state index is -0.458. The molecular weight excluding hydrogens is 230 g/mol. The summed E-state index contributed by atoms with van der Waals surface area (Å²) in [6, 6.07) is 0. The average molecular weight is 242 g/mol. The van der Waals surface area contributed by atoms with E-state index in [0.29, 0.717) is 18.0 Å². The highest BCUT2D eigenvalue weighted by Gasteiger charge is 2.10. The molecule has 0 amide bonds. The SMILES string of the molecule is CC(O)CNc1nc(Cl)nc2c1cnn2C. The van der Waals surface area contributed by atoms with E-state index in [1.165, 1.54) is 0 Å². The highest BCUT2D eigenvalue weighted by molar-refractivity contribution is 6.28. The standard InChI is InChI=1S/C9H12ClN5O/c1-5(16)3-11-7-6-4-12-15(2)8(6)14-9(10)13-7/h4-5,16H,3H2,1-2H3,(H,11,13,14). The molecule has 2 aromatic heterocycles. The van der Waals surface area contributed by atoms with Gasteiger partial charge in [-0.05, 0) is 18.5 Å². The van der Waals surface area contributed by atoms with Crippen molar-refractivity contribution in [3.63, 3.8) is 0 Å². The first kappa shape index (κ1) is 11.1. The number of aryl methyl sites for hydroxylation is 1. The summed E-state index contributed by atoms with van der Waals surface area (Å²) in [6.45, 7) is 2.09. The molecule has 0 spiro atoms. The van der Waals surface area contributed by atoms with Gasteiger partial charge in [-0.2, -0.15) is 15.1 Å². The lowest BCUT2D eigenvalue weighted by atomic mass is 10.3. The highest BCUT2D eigenvalue weighted by atomic mass is 35.5. The Morgan fingerprint density at radius 2 is 2.31 bits per heavy atom. The molecule has 0 radical (unpaired) electrons. The molecule has 2 aromatic rings. The van der Waals surface area contributed by atoms with E-state index in [0.717, 1.165) is 5.39 Å². The summed E-state index contributed by atoms with van der Waals surface area (Å²) in [5, 5.41) is 17.2. The monoisotopic (exact) mass is 241 g/mol. The van der Waals surface area contributed by atoms with Crippen molar-refractivity contribution in [2.45, 2.75) is 13.0 Å². The van der Waals surface area contributed by atoms with Gasteiger partial charge in [0.1, 0.15) is 5.82 Å². The van der Waals surface area contributed by atoms with Gasteiger partial charge in [0.15, 0.2) is 5.65 Å². The Hall–Kier alpha value is -1.40. The maximum atomic E-state index is 9.20. The molecule has 2 N–H and O–H groups in total. The van der Waals surface area contributed by atoms with E-state index in [9.17, 15) is 5.11 Å². The van der Waals surface area contributed by atoms with Gasteiger partial charge in [0.25, 0.3) is 0 Å². The number of hydrogen-bond acceptors (Lipinski definition) is 5. The Kier molecular flexibility index (Phi) is 2.93. The smallest absolute Gasteiger partial charge is 0.226 e. The summed E-state index contributed by atoms with van der Waals surface area (Å²) >= 11 is 5.80. The highest BCUT2D eigenvalue weighted by Crippen LogP contribution is 2.20. The molecule has 86 valence electrons. The molecule has 0 aliphatic rings. The Bertz CT molecular complexity index is 510. The van der Waals surface area contributed by atoms with Gasteiger partial charge >= 0.3 is 0 Å². The number of nitrogens with zero attached hydrogens (tertiary/aromatic N) is 4. The van der Waals surface area contributed by atoms with E-state index < -0.39 is 6.10 Å². The molecule has 1 unspecified atom stereocenters. The van der Waals surface area contributed by atoms with Crippen LogP contribution < -0.4 is 5.32 Å². The van der Waals surface area contributed by atoms with Crippen LogP contribution in [0.3, 0.4) is 0 Å². The van der Waals surface area contributed by atoms with Gasteiger partial charge in [-0.15, -0.1) is 0 Å². The normalized spacial score (nSPS) is 13.0. The number of aliphatic hydroxyl groups excluding tert-OH is 1. The number of hydrogen-bond donors (Lipinski definition) is 2. The molecule has 0 aliphatic carbocycles. The fourth-order valence-electron chi connectivity index (χ4n) is 1.37. The number of halogens is 1. The molecule has 0 aromatic carbocycles. The first-order valence-corrected chi connectivity index (χ1v) is 5.23. The second-order valence-electron chi connectivity index (χ2n) is 3.58. The summed E-state index contributed by atoms with van der Waals surface area (Å²) in [5.74, 6) is 0.587. The zero-order chi connectivity index (χ0) is 11.7. The number of fused-ring (bicyclic) bond motifs is 1. The zero-order valence-corrected chi connectivity index (χ0v) is 9.73. The second kappa shape index (κ2) is 4.23. The number of nitrogens with one attached hydrogen (secondary N) is 1. The molecule has 0 aliphatic heterocycles. The molecule has 2 rings (SSSR count). The largest absolute Gasteiger partial charge is 0.392 e. The quantitative estimate of drug-likeness (QED) is 0.778. The third-order valence-electron chi connectivity index (χ3n) is 2.13. The third-order valence-corrected chi connectivity index (χ3v) is 2.30. The second-order valence-corrected chi connectivity index (χ2v) is 3.91. The fraction of sp³-hybridized carbons (Fsp3) is 0.444. The first-order chi connectivity index (χ1) is 7.58. The lowest BCUT2D eigenvalue weighted by Crippen LogP contribution is -2.16. The van der Waals surface area contributed by atoms with Crippen LogP contribution in [0.4, 0.5) is 5.82 Å². The van der Waals surface area contributed by atoms with Crippen LogP contribution in [0.15, 0.2) is 6.20 Å². The van der Waals surface area contributed by atoms with Gasteiger partial charge in [-0.1, -0.05) is 0 Å². The van der Waals surface area contributed by atoms with Gasteiger partial charge in [0.2, 0.25) is 5.28 Å². The first-order valence-electron chi connectivity index (χ1n) is 4.85. The van der Waals surface area contributed by atoms with Crippen molar-refractivity contribution >= 4 is 28.5 Å². The molecule has 7 heteroatoms. The minimum Gasteiger partial charge on any atom is -0.392 e. The van der Waals surface area contributed by atoms with E-state index >= 15 is 0 Å². The third kappa shape index (κ3) is 2.07. The Morgan fingerprint density at radius 1 is 1.56 bits per heavy atom. The maximum Gasteiger partial charge on any atom is 0.226 e. The number of anilines is 1. The van der Waals surface area contributed by atoms with Crippen LogP contribution in [0.5, 0.6) is 0 Å². The topological polar surface area (TPSA) is 75.9 Å². The molecule has 16 heavy (non-hydrogen) atoms. The van der Waals surface area contributed by atoms with Crippen LogP contribution in [0.25, 0.3) is 11.0 Å². The van der Waals surface area contributed by atoms with E-state index in [2.05, 4.69) is 20.4 Å². The van der Waals surface area contributed by atoms with Crippen LogP contribution >= 0.6 is 11.6 Å². The fourth-order valence-corrected chi connectivity index (χ4v) is 1.54. The molecular formula is C9H12ClN5O.